The molecular formula is C38H70NO9P. The minimum Gasteiger partial charge on any atom is -0.480 e. The minimum absolute atomic E-state index is 0.00669. The van der Waals surface area contributed by atoms with Gasteiger partial charge >= 0.3 is 19.8 Å². The van der Waals surface area contributed by atoms with Crippen LogP contribution in [0.2, 0.25) is 0 Å². The van der Waals surface area contributed by atoms with Crippen molar-refractivity contribution in [1.29, 1.82) is 0 Å². The largest absolute Gasteiger partial charge is 0.480 e. The smallest absolute Gasteiger partial charge is 0.472 e. The summed E-state index contributed by atoms with van der Waals surface area (Å²) in [5, 5.41) is 8.86. The average Bonchev–Trinajstić information content (AvgIpc) is 3.07. The highest BCUT2D eigenvalue weighted by atomic mass is 31.2. The second-order valence-corrected chi connectivity index (χ2v) is 14.1. The molecule has 0 aliphatic carbocycles. The van der Waals surface area contributed by atoms with Crippen LogP contribution in [-0.2, 0) is 32.7 Å². The van der Waals surface area contributed by atoms with Crippen LogP contribution in [-0.4, -0.2) is 60.5 Å². The lowest BCUT2D eigenvalue weighted by Crippen LogP contribution is -2.34. The Morgan fingerprint density at radius 3 is 1.76 bits per heavy atom. The lowest BCUT2D eigenvalue weighted by molar-refractivity contribution is -0.154. The van der Waals surface area contributed by atoms with Crippen LogP contribution in [0.5, 0.6) is 0 Å². The molecule has 10 nitrogen and oxygen atoms in total. The van der Waals surface area contributed by atoms with Crippen LogP contribution in [0.4, 0.5) is 0 Å². The molecule has 0 aromatic rings. The normalized spacial score (nSPS) is 14.5. The van der Waals surface area contributed by atoms with E-state index in [1.54, 1.807) is 0 Å². The summed E-state index contributed by atoms with van der Waals surface area (Å²) >= 11 is 0. The quantitative estimate of drug-likeness (QED) is 0.0247. The van der Waals surface area contributed by atoms with Gasteiger partial charge in [-0.05, 0) is 64.2 Å². The molecule has 49 heavy (non-hydrogen) atoms. The van der Waals surface area contributed by atoms with Crippen LogP contribution in [0.15, 0.2) is 36.5 Å². The zero-order valence-corrected chi connectivity index (χ0v) is 31.7. The molecule has 0 amide bonds. The van der Waals surface area contributed by atoms with E-state index < -0.39 is 45.1 Å². The fourth-order valence-electron chi connectivity index (χ4n) is 4.87. The predicted octanol–water partition coefficient (Wildman–Crippen LogP) is 9.75. The molecule has 0 saturated heterocycles. The molecular weight excluding hydrogens is 645 g/mol. The third-order valence-corrected chi connectivity index (χ3v) is 8.82. The van der Waals surface area contributed by atoms with E-state index in [0.717, 1.165) is 70.6 Å². The molecule has 4 N–H and O–H groups in total. The van der Waals surface area contributed by atoms with Crippen molar-refractivity contribution >= 4 is 19.8 Å². The van der Waals surface area contributed by atoms with Crippen LogP contribution in [0, 0.1) is 0 Å². The number of rotatable bonds is 36. The summed E-state index contributed by atoms with van der Waals surface area (Å²) in [6, 6.07) is -1.47. The molecule has 0 aromatic carbocycles. The fraction of sp³-hybridized carbons (Fsp3) is 0.789. The first kappa shape index (κ1) is 47.2. The van der Waals surface area contributed by atoms with Gasteiger partial charge in [-0.3, -0.25) is 18.6 Å². The number of ether oxygens (including phenoxy) is 2. The van der Waals surface area contributed by atoms with E-state index in [1.807, 2.05) is 0 Å². The Hall–Kier alpha value is -1.81. The van der Waals surface area contributed by atoms with Crippen molar-refractivity contribution in [1.82, 2.24) is 0 Å². The minimum atomic E-state index is -4.61. The Morgan fingerprint density at radius 2 is 1.16 bits per heavy atom. The summed E-state index contributed by atoms with van der Waals surface area (Å²) in [6.07, 6.45) is 36.2. The van der Waals surface area contributed by atoms with Crippen molar-refractivity contribution in [3.63, 3.8) is 0 Å². The van der Waals surface area contributed by atoms with E-state index >= 15 is 0 Å². The maximum absolute atomic E-state index is 12.6. The first-order valence-electron chi connectivity index (χ1n) is 19.0. The lowest BCUT2D eigenvalue weighted by atomic mass is 10.1. The Kier molecular flexibility index (Phi) is 33.4. The number of unbranched alkanes of at least 4 members (excludes halogenated alkanes) is 16. The van der Waals surface area contributed by atoms with Gasteiger partial charge in [-0.1, -0.05) is 121 Å². The Balaban J connectivity index is 4.33. The van der Waals surface area contributed by atoms with Gasteiger partial charge in [0.2, 0.25) is 0 Å². The summed E-state index contributed by atoms with van der Waals surface area (Å²) in [5.74, 6) is -1.80. The monoisotopic (exact) mass is 715 g/mol. The first-order chi connectivity index (χ1) is 23.7. The number of carboxylic acids is 1. The van der Waals surface area contributed by atoms with Gasteiger partial charge in [0.25, 0.3) is 0 Å². The molecule has 11 heteroatoms. The van der Waals surface area contributed by atoms with E-state index in [4.69, 9.17) is 24.8 Å². The molecule has 0 spiro atoms. The molecule has 0 fully saturated rings. The number of hydrogen-bond donors (Lipinski definition) is 3. The SMILES string of the molecule is CCC/C=C\CCCCCCCCOCC(COP(=O)(O)OCC(N)C(=O)O)OC(=O)CCCCCCC/C=C\C/C=C\CCCCCC. The van der Waals surface area contributed by atoms with E-state index in [0.29, 0.717) is 13.0 Å². The van der Waals surface area contributed by atoms with Crippen molar-refractivity contribution < 1.29 is 42.7 Å². The van der Waals surface area contributed by atoms with Crippen LogP contribution in [0.1, 0.15) is 155 Å². The highest BCUT2D eigenvalue weighted by Gasteiger charge is 2.27. The molecule has 0 radical (unpaired) electrons. The van der Waals surface area contributed by atoms with Gasteiger partial charge < -0.3 is 25.2 Å². The fourth-order valence-corrected chi connectivity index (χ4v) is 5.65. The Morgan fingerprint density at radius 1 is 0.653 bits per heavy atom. The third kappa shape index (κ3) is 34.4. The highest BCUT2D eigenvalue weighted by molar-refractivity contribution is 7.47. The number of aliphatic carboxylic acids is 1. The number of carbonyl (C=O) groups excluding carboxylic acids is 1. The molecule has 0 aromatic heterocycles. The van der Waals surface area contributed by atoms with Crippen LogP contribution in [0.3, 0.4) is 0 Å². The molecule has 0 aliphatic heterocycles. The van der Waals surface area contributed by atoms with E-state index in [-0.39, 0.29) is 13.0 Å². The number of esters is 1. The molecule has 3 atom stereocenters. The van der Waals surface area contributed by atoms with Crippen LogP contribution in [0.25, 0.3) is 0 Å². The van der Waals surface area contributed by atoms with Crippen molar-refractivity contribution in [2.45, 2.75) is 167 Å². The second kappa shape index (κ2) is 34.6. The topological polar surface area (TPSA) is 155 Å². The predicted molar refractivity (Wildman–Crippen MR) is 198 cm³/mol. The van der Waals surface area contributed by atoms with Gasteiger partial charge in [0.15, 0.2) is 0 Å². The van der Waals surface area contributed by atoms with Gasteiger partial charge in [0.1, 0.15) is 12.1 Å². The summed E-state index contributed by atoms with van der Waals surface area (Å²) in [7, 11) is -4.61. The summed E-state index contributed by atoms with van der Waals surface area (Å²) in [4.78, 5) is 33.4. The number of phosphoric acid groups is 1. The standard InChI is InChI=1S/C38H70NO9P/c1-3-5-7-9-11-13-15-16-17-18-19-20-22-24-26-28-30-37(40)48-35(33-46-49(43,44)47-34-36(39)38(41)42)32-45-31-29-27-25-23-21-14-12-10-8-6-4-2/h8,10,13,15,17-18,35-36H,3-7,9,11-12,14,16,19-34,39H2,1-2H3,(H,41,42)(H,43,44)/b10-8-,15-13-,18-17-. The Bertz CT molecular complexity index is 925. The summed E-state index contributed by atoms with van der Waals surface area (Å²) in [5.41, 5.74) is 5.33. The molecule has 0 aliphatic rings. The average molecular weight is 716 g/mol. The number of nitrogens with two attached hydrogens (primary N) is 1. The number of carbonyl (C=O) groups is 2. The highest BCUT2D eigenvalue weighted by Crippen LogP contribution is 2.43. The molecule has 0 bridgehead atoms. The van der Waals surface area contributed by atoms with Gasteiger partial charge in [-0.25, -0.2) is 4.57 Å². The number of phosphoric ester groups is 1. The maximum atomic E-state index is 12.6. The van der Waals surface area contributed by atoms with Crippen molar-refractivity contribution in [3.05, 3.63) is 36.5 Å². The van der Waals surface area contributed by atoms with Gasteiger partial charge in [-0.15, -0.1) is 0 Å². The molecule has 0 heterocycles. The first-order valence-corrected chi connectivity index (χ1v) is 20.5. The molecule has 0 rings (SSSR count). The summed E-state index contributed by atoms with van der Waals surface area (Å²) < 4.78 is 33.2. The summed E-state index contributed by atoms with van der Waals surface area (Å²) in [6.45, 7) is 3.76. The van der Waals surface area contributed by atoms with Crippen molar-refractivity contribution in [3.8, 4) is 0 Å². The van der Waals surface area contributed by atoms with Gasteiger partial charge in [-0.2, -0.15) is 0 Å². The number of allylic oxidation sites excluding steroid dienone is 6. The van der Waals surface area contributed by atoms with Crippen LogP contribution < -0.4 is 5.73 Å². The van der Waals surface area contributed by atoms with E-state index in [2.05, 4.69) is 54.8 Å². The van der Waals surface area contributed by atoms with Crippen molar-refractivity contribution in [2.24, 2.45) is 5.73 Å². The van der Waals surface area contributed by atoms with E-state index in [9.17, 15) is 19.0 Å². The zero-order valence-electron chi connectivity index (χ0n) is 30.8. The van der Waals surface area contributed by atoms with Gasteiger partial charge in [0, 0.05) is 13.0 Å². The van der Waals surface area contributed by atoms with Crippen LogP contribution >= 0.6 is 7.82 Å². The Labute approximate surface area is 297 Å². The zero-order chi connectivity index (χ0) is 36.3. The van der Waals surface area contributed by atoms with E-state index in [1.165, 1.54) is 57.8 Å². The van der Waals surface area contributed by atoms with Gasteiger partial charge in [0.05, 0.1) is 19.8 Å². The molecule has 3 unspecified atom stereocenters. The molecule has 0 saturated carbocycles. The third-order valence-electron chi connectivity index (χ3n) is 7.87. The molecule has 286 valence electrons. The lowest BCUT2D eigenvalue weighted by Gasteiger charge is -2.20. The number of carboxylic acid groups (broad SMARTS) is 1. The number of hydrogen-bond acceptors (Lipinski definition) is 8. The second-order valence-electron chi connectivity index (χ2n) is 12.7. The van der Waals surface area contributed by atoms with Crippen molar-refractivity contribution in [2.75, 3.05) is 26.4 Å². The maximum Gasteiger partial charge on any atom is 0.472 e.